The van der Waals surface area contributed by atoms with Gasteiger partial charge in [-0.05, 0) is 12.1 Å². The number of nitrogens with zero attached hydrogens (tertiary/aromatic N) is 2. The summed E-state index contributed by atoms with van der Waals surface area (Å²) in [6.07, 6.45) is 0. The van der Waals surface area contributed by atoms with Gasteiger partial charge in [0.1, 0.15) is 11.6 Å². The quantitative estimate of drug-likeness (QED) is 0.468. The van der Waals surface area contributed by atoms with Crippen LogP contribution in [-0.4, -0.2) is 18.0 Å². The highest BCUT2D eigenvalue weighted by Gasteiger charge is 2.25. The van der Waals surface area contributed by atoms with Crippen LogP contribution in [0.5, 0.6) is 0 Å². The summed E-state index contributed by atoms with van der Waals surface area (Å²) in [6, 6.07) is 4.27. The van der Waals surface area contributed by atoms with Crippen LogP contribution in [-0.2, 0) is 11.3 Å². The number of rotatable bonds is 3. The van der Waals surface area contributed by atoms with Crippen molar-refractivity contribution in [3.8, 4) is 6.07 Å². The van der Waals surface area contributed by atoms with Gasteiger partial charge in [0.15, 0.2) is 0 Å². The Bertz CT molecular complexity index is 519. The number of methoxy groups -OCH3 is 1. The first-order chi connectivity index (χ1) is 8.06. The fourth-order valence-electron chi connectivity index (χ4n) is 1.40. The second-order valence-electron chi connectivity index (χ2n) is 3.06. The van der Waals surface area contributed by atoms with E-state index in [-0.39, 0.29) is 23.2 Å². The number of nitrogens with two attached hydrogens (primary N) is 1. The lowest BCUT2D eigenvalue weighted by Gasteiger charge is -2.05. The van der Waals surface area contributed by atoms with E-state index in [2.05, 4.69) is 4.74 Å². The molecular weight excluding hydrogens is 226 g/mol. The lowest BCUT2D eigenvalue weighted by atomic mass is 10.0. The first-order valence-electron chi connectivity index (χ1n) is 4.55. The Balaban J connectivity index is 3.59. The van der Waals surface area contributed by atoms with Crippen molar-refractivity contribution in [1.29, 1.82) is 5.26 Å². The molecule has 0 fully saturated rings. The van der Waals surface area contributed by atoms with Gasteiger partial charge in [0, 0.05) is 12.1 Å². The van der Waals surface area contributed by atoms with Gasteiger partial charge in [0.25, 0.3) is 5.69 Å². The Morgan fingerprint density at radius 1 is 1.65 bits per heavy atom. The maximum Gasteiger partial charge on any atom is 0.339 e. The van der Waals surface area contributed by atoms with Crippen molar-refractivity contribution < 1.29 is 14.5 Å². The largest absolute Gasteiger partial charge is 0.465 e. The van der Waals surface area contributed by atoms with E-state index in [1.165, 1.54) is 12.1 Å². The molecule has 0 amide bonds. The maximum absolute atomic E-state index is 11.3. The maximum atomic E-state index is 11.3. The normalized spacial score (nSPS) is 9.47. The van der Waals surface area contributed by atoms with Gasteiger partial charge in [0.2, 0.25) is 0 Å². The molecule has 0 aliphatic heterocycles. The predicted molar refractivity (Wildman–Crippen MR) is 57.0 cm³/mol. The highest BCUT2D eigenvalue weighted by atomic mass is 16.6. The van der Waals surface area contributed by atoms with E-state index >= 15 is 0 Å². The Kier molecular flexibility index (Phi) is 3.74. The summed E-state index contributed by atoms with van der Waals surface area (Å²) in [6.45, 7) is -0.0908. The zero-order chi connectivity index (χ0) is 13.0. The van der Waals surface area contributed by atoms with Crippen LogP contribution >= 0.6 is 0 Å². The van der Waals surface area contributed by atoms with E-state index in [1.54, 1.807) is 6.07 Å². The van der Waals surface area contributed by atoms with Gasteiger partial charge in [-0.3, -0.25) is 10.1 Å². The molecule has 0 saturated carbocycles. The number of esters is 1. The predicted octanol–water partition coefficient (Wildman–Crippen LogP) is 0.712. The van der Waals surface area contributed by atoms with E-state index in [1.807, 2.05) is 0 Å². The molecule has 1 aromatic rings. The molecule has 0 unspecified atom stereocenters. The zero-order valence-electron chi connectivity index (χ0n) is 8.97. The van der Waals surface area contributed by atoms with Crippen LogP contribution in [0.25, 0.3) is 0 Å². The SMILES string of the molecule is COC(=O)c1ccc(CN)c([N+](=O)[O-])c1C#N. The number of hydrogen-bond acceptors (Lipinski definition) is 6. The fraction of sp³-hybridized carbons (Fsp3) is 0.200. The Hall–Kier alpha value is -2.46. The minimum absolute atomic E-state index is 0.0908. The van der Waals surface area contributed by atoms with Gasteiger partial charge >= 0.3 is 5.97 Å². The zero-order valence-corrected chi connectivity index (χ0v) is 8.97. The first kappa shape index (κ1) is 12.6. The van der Waals surface area contributed by atoms with Gasteiger partial charge < -0.3 is 10.5 Å². The van der Waals surface area contributed by atoms with Crippen molar-refractivity contribution in [1.82, 2.24) is 0 Å². The van der Waals surface area contributed by atoms with Crippen LogP contribution in [0.4, 0.5) is 5.69 Å². The highest BCUT2D eigenvalue weighted by molar-refractivity contribution is 5.94. The van der Waals surface area contributed by atoms with E-state index in [9.17, 15) is 14.9 Å². The minimum atomic E-state index is -0.798. The van der Waals surface area contributed by atoms with Crippen molar-refractivity contribution in [3.05, 3.63) is 38.9 Å². The Labute approximate surface area is 96.6 Å². The first-order valence-corrected chi connectivity index (χ1v) is 4.55. The summed E-state index contributed by atoms with van der Waals surface area (Å²) < 4.78 is 4.44. The average Bonchev–Trinajstić information content (AvgIpc) is 2.35. The lowest BCUT2D eigenvalue weighted by molar-refractivity contribution is -0.385. The molecule has 0 aliphatic carbocycles. The summed E-state index contributed by atoms with van der Waals surface area (Å²) in [5.41, 5.74) is 4.62. The molecule has 0 bridgehead atoms. The molecule has 7 heteroatoms. The van der Waals surface area contributed by atoms with Crippen LogP contribution in [0.2, 0.25) is 0 Å². The highest BCUT2D eigenvalue weighted by Crippen LogP contribution is 2.26. The molecule has 17 heavy (non-hydrogen) atoms. The summed E-state index contributed by atoms with van der Waals surface area (Å²) in [5, 5.41) is 19.8. The molecule has 0 saturated heterocycles. The van der Waals surface area contributed by atoms with Crippen LogP contribution < -0.4 is 5.73 Å². The number of nitro groups is 1. The Morgan fingerprint density at radius 3 is 2.71 bits per heavy atom. The average molecular weight is 235 g/mol. The minimum Gasteiger partial charge on any atom is -0.465 e. The molecule has 0 spiro atoms. The van der Waals surface area contributed by atoms with Crippen LogP contribution in [0.15, 0.2) is 12.1 Å². The van der Waals surface area contributed by atoms with E-state index < -0.39 is 16.6 Å². The van der Waals surface area contributed by atoms with Crippen molar-refractivity contribution in [2.75, 3.05) is 7.11 Å². The van der Waals surface area contributed by atoms with E-state index in [0.717, 1.165) is 7.11 Å². The fourth-order valence-corrected chi connectivity index (χ4v) is 1.40. The monoisotopic (exact) mass is 235 g/mol. The number of hydrogen-bond donors (Lipinski definition) is 1. The summed E-state index contributed by atoms with van der Waals surface area (Å²) in [7, 11) is 1.13. The van der Waals surface area contributed by atoms with Gasteiger partial charge in [-0.1, -0.05) is 0 Å². The van der Waals surface area contributed by atoms with Gasteiger partial charge in [-0.25, -0.2) is 4.79 Å². The van der Waals surface area contributed by atoms with E-state index in [0.29, 0.717) is 0 Å². The molecule has 0 atom stereocenters. The summed E-state index contributed by atoms with van der Waals surface area (Å²) in [4.78, 5) is 21.5. The van der Waals surface area contributed by atoms with Crippen molar-refractivity contribution in [2.24, 2.45) is 5.73 Å². The number of ether oxygens (including phenoxy) is 1. The molecule has 0 aliphatic rings. The number of nitro benzene ring substituents is 1. The number of carbonyl (C=O) groups is 1. The van der Waals surface area contributed by atoms with Gasteiger partial charge in [-0.2, -0.15) is 5.26 Å². The Morgan fingerprint density at radius 2 is 2.29 bits per heavy atom. The second-order valence-corrected chi connectivity index (χ2v) is 3.06. The van der Waals surface area contributed by atoms with Crippen LogP contribution in [0.1, 0.15) is 21.5 Å². The van der Waals surface area contributed by atoms with Crippen LogP contribution in [0.3, 0.4) is 0 Å². The summed E-state index contributed by atoms with van der Waals surface area (Å²) >= 11 is 0. The number of nitriles is 1. The van der Waals surface area contributed by atoms with Crippen LogP contribution in [0, 0.1) is 21.4 Å². The van der Waals surface area contributed by atoms with E-state index in [4.69, 9.17) is 11.0 Å². The molecule has 1 aromatic carbocycles. The van der Waals surface area contributed by atoms with Crippen molar-refractivity contribution in [3.63, 3.8) is 0 Å². The topological polar surface area (TPSA) is 119 Å². The number of carbonyl (C=O) groups excluding carboxylic acids is 1. The van der Waals surface area contributed by atoms with Gasteiger partial charge in [0.05, 0.1) is 17.6 Å². The number of benzene rings is 1. The molecule has 88 valence electrons. The molecule has 0 heterocycles. The smallest absolute Gasteiger partial charge is 0.339 e. The van der Waals surface area contributed by atoms with Crippen molar-refractivity contribution in [2.45, 2.75) is 6.54 Å². The van der Waals surface area contributed by atoms with Gasteiger partial charge in [-0.15, -0.1) is 0 Å². The van der Waals surface area contributed by atoms with Crippen molar-refractivity contribution >= 4 is 11.7 Å². The second kappa shape index (κ2) is 5.05. The molecule has 7 nitrogen and oxygen atoms in total. The molecular formula is C10H9N3O4. The molecule has 0 aromatic heterocycles. The lowest BCUT2D eigenvalue weighted by Crippen LogP contribution is -2.10. The summed E-state index contributed by atoms with van der Waals surface area (Å²) in [5.74, 6) is -0.798. The third kappa shape index (κ3) is 2.21. The third-order valence-corrected chi connectivity index (χ3v) is 2.18. The molecule has 1 rings (SSSR count). The standard InChI is InChI=1S/C10H9N3O4/c1-17-10(14)7-3-2-6(4-11)9(13(15)16)8(7)5-12/h2-3H,4,11H2,1H3. The molecule has 0 radical (unpaired) electrons. The third-order valence-electron chi connectivity index (χ3n) is 2.18. The molecule has 2 N–H and O–H groups in total.